The van der Waals surface area contributed by atoms with Gasteiger partial charge in [0.25, 0.3) is 5.91 Å². The van der Waals surface area contributed by atoms with Crippen molar-refractivity contribution >= 4 is 50.8 Å². The van der Waals surface area contributed by atoms with Gasteiger partial charge in [-0.05, 0) is 46.3 Å². The smallest absolute Gasteiger partial charge is 0.270 e. The van der Waals surface area contributed by atoms with Crippen LogP contribution in [-0.4, -0.2) is 11.0 Å². The van der Waals surface area contributed by atoms with E-state index in [-0.39, 0.29) is 11.0 Å². The van der Waals surface area contributed by atoms with Crippen LogP contribution in [0.25, 0.3) is 0 Å². The monoisotopic (exact) mass is 307 g/mol. The fraction of sp³-hybridized carbons (Fsp3) is 0. The molecule has 80 valence electrons. The number of nitrogens with one attached hydrogen (secondary N) is 2. The zero-order valence-corrected chi connectivity index (χ0v) is 10.5. The minimum absolute atomic E-state index is 0.0125. The molecule has 0 heterocycles. The highest BCUT2D eigenvalue weighted by Crippen LogP contribution is 2.20. The van der Waals surface area contributed by atoms with Crippen LogP contribution in [0.15, 0.2) is 22.7 Å². The molecule has 0 aliphatic carbocycles. The van der Waals surface area contributed by atoms with Gasteiger partial charge in [0.1, 0.15) is 0 Å². The van der Waals surface area contributed by atoms with E-state index in [2.05, 4.69) is 39.0 Å². The van der Waals surface area contributed by atoms with Crippen molar-refractivity contribution in [2.75, 3.05) is 0 Å². The lowest BCUT2D eigenvalue weighted by molar-refractivity contribution is 0.0943. The fourth-order valence-corrected chi connectivity index (χ4v) is 1.51. The molecule has 0 spiro atoms. The van der Waals surface area contributed by atoms with Crippen molar-refractivity contribution in [2.45, 2.75) is 0 Å². The fourth-order valence-electron chi connectivity index (χ4n) is 0.857. The Morgan fingerprint density at radius 2 is 2.13 bits per heavy atom. The molecule has 0 bridgehead atoms. The summed E-state index contributed by atoms with van der Waals surface area (Å²) in [5, 5.41) is 0.458. The van der Waals surface area contributed by atoms with Gasteiger partial charge < -0.3 is 5.73 Å². The van der Waals surface area contributed by atoms with Gasteiger partial charge in [-0.2, -0.15) is 0 Å². The van der Waals surface area contributed by atoms with Crippen LogP contribution in [0.5, 0.6) is 0 Å². The van der Waals surface area contributed by atoms with Crippen LogP contribution >= 0.6 is 39.7 Å². The van der Waals surface area contributed by atoms with Crippen LogP contribution in [-0.2, 0) is 0 Å². The maximum atomic E-state index is 11.5. The Morgan fingerprint density at radius 1 is 1.47 bits per heavy atom. The van der Waals surface area contributed by atoms with Gasteiger partial charge in [0, 0.05) is 9.50 Å². The molecule has 0 radical (unpaired) electrons. The van der Waals surface area contributed by atoms with E-state index in [1.165, 1.54) is 6.07 Å². The molecule has 0 aliphatic heterocycles. The number of hydrogen-bond acceptors (Lipinski definition) is 2. The molecule has 1 aromatic carbocycles. The number of nitrogens with two attached hydrogens (primary N) is 1. The third-order valence-corrected chi connectivity index (χ3v) is 2.50. The molecule has 1 aromatic rings. The van der Waals surface area contributed by atoms with Gasteiger partial charge in [0.05, 0.1) is 5.56 Å². The molecule has 0 aliphatic rings. The van der Waals surface area contributed by atoms with E-state index in [0.717, 1.165) is 0 Å². The number of carbonyl (C=O) groups is 1. The first-order chi connectivity index (χ1) is 7.00. The van der Waals surface area contributed by atoms with Gasteiger partial charge in [-0.3, -0.25) is 15.6 Å². The number of halogens is 2. The molecule has 15 heavy (non-hydrogen) atoms. The normalized spacial score (nSPS) is 9.47. The van der Waals surface area contributed by atoms with E-state index < -0.39 is 0 Å². The highest BCUT2D eigenvalue weighted by Gasteiger charge is 2.09. The Balaban J connectivity index is 2.81. The first kappa shape index (κ1) is 12.2. The summed E-state index contributed by atoms with van der Waals surface area (Å²) in [6, 6.07) is 4.88. The van der Waals surface area contributed by atoms with Gasteiger partial charge in [-0.25, -0.2) is 0 Å². The lowest BCUT2D eigenvalue weighted by atomic mass is 10.2. The van der Waals surface area contributed by atoms with E-state index in [9.17, 15) is 4.79 Å². The third kappa shape index (κ3) is 3.65. The van der Waals surface area contributed by atoms with Crippen LogP contribution in [0.3, 0.4) is 0 Å². The summed E-state index contributed by atoms with van der Waals surface area (Å²) in [6.07, 6.45) is 0. The van der Waals surface area contributed by atoms with Crippen molar-refractivity contribution in [3.8, 4) is 0 Å². The largest absolute Gasteiger partial charge is 0.375 e. The predicted molar refractivity (Wildman–Crippen MR) is 66.5 cm³/mol. The zero-order valence-electron chi connectivity index (χ0n) is 7.38. The molecule has 1 rings (SSSR count). The Hall–Kier alpha value is -0.850. The minimum atomic E-state index is -0.378. The van der Waals surface area contributed by atoms with Gasteiger partial charge in [-0.15, -0.1) is 0 Å². The molecular formula is C8H7BrClN3OS. The molecule has 4 N–H and O–H groups in total. The first-order valence-corrected chi connectivity index (χ1v) is 5.39. The number of amides is 1. The average Bonchev–Trinajstić information content (AvgIpc) is 2.18. The number of hydrazine groups is 1. The van der Waals surface area contributed by atoms with Gasteiger partial charge >= 0.3 is 0 Å². The quantitative estimate of drug-likeness (QED) is 0.544. The Morgan fingerprint density at radius 3 is 2.73 bits per heavy atom. The van der Waals surface area contributed by atoms with E-state index in [4.69, 9.17) is 17.3 Å². The SMILES string of the molecule is NC(=S)NNC(=O)c1cc(Cl)ccc1Br. The summed E-state index contributed by atoms with van der Waals surface area (Å²) in [5.74, 6) is -0.378. The summed E-state index contributed by atoms with van der Waals surface area (Å²) in [4.78, 5) is 11.5. The Labute approximate surface area is 105 Å². The Bertz CT molecular complexity index is 413. The van der Waals surface area contributed by atoms with Crippen LogP contribution < -0.4 is 16.6 Å². The van der Waals surface area contributed by atoms with Crippen LogP contribution in [0.4, 0.5) is 0 Å². The number of benzene rings is 1. The van der Waals surface area contributed by atoms with E-state index in [1.807, 2.05) is 0 Å². The molecule has 0 saturated heterocycles. The van der Waals surface area contributed by atoms with Crippen molar-refractivity contribution in [3.05, 3.63) is 33.3 Å². The number of rotatable bonds is 1. The average molecular weight is 309 g/mol. The van der Waals surface area contributed by atoms with Crippen LogP contribution in [0.1, 0.15) is 10.4 Å². The molecule has 0 saturated carbocycles. The molecule has 4 nitrogen and oxygen atoms in total. The molecule has 1 amide bonds. The molecule has 7 heteroatoms. The van der Waals surface area contributed by atoms with Crippen molar-refractivity contribution in [3.63, 3.8) is 0 Å². The Kier molecular flexibility index (Phi) is 4.31. The lowest BCUT2D eigenvalue weighted by Crippen LogP contribution is -2.44. The van der Waals surface area contributed by atoms with Gasteiger partial charge in [0.2, 0.25) is 0 Å². The number of hydrogen-bond donors (Lipinski definition) is 3. The molecule has 0 fully saturated rings. The molecule has 0 atom stereocenters. The topological polar surface area (TPSA) is 67.2 Å². The third-order valence-electron chi connectivity index (χ3n) is 1.47. The zero-order chi connectivity index (χ0) is 11.4. The summed E-state index contributed by atoms with van der Waals surface area (Å²) < 4.78 is 0.633. The van der Waals surface area contributed by atoms with Gasteiger partial charge in [-0.1, -0.05) is 11.6 Å². The molecule has 0 unspecified atom stereocenters. The summed E-state index contributed by atoms with van der Waals surface area (Å²) in [7, 11) is 0. The van der Waals surface area contributed by atoms with E-state index in [0.29, 0.717) is 15.1 Å². The summed E-state index contributed by atoms with van der Waals surface area (Å²) in [6.45, 7) is 0. The van der Waals surface area contributed by atoms with Crippen LogP contribution in [0, 0.1) is 0 Å². The van der Waals surface area contributed by atoms with E-state index in [1.54, 1.807) is 12.1 Å². The van der Waals surface area contributed by atoms with Crippen molar-refractivity contribution < 1.29 is 4.79 Å². The first-order valence-electron chi connectivity index (χ1n) is 3.81. The standard InChI is InChI=1S/C8H7BrClN3OS/c9-6-2-1-4(10)3-5(6)7(14)12-13-8(11)15/h1-3H,(H,12,14)(H3,11,13,15). The lowest BCUT2D eigenvalue weighted by Gasteiger charge is -2.07. The summed E-state index contributed by atoms with van der Waals surface area (Å²) in [5.41, 5.74) is 10.2. The highest BCUT2D eigenvalue weighted by atomic mass is 79.9. The van der Waals surface area contributed by atoms with Crippen molar-refractivity contribution in [1.82, 2.24) is 10.9 Å². The number of carbonyl (C=O) groups excluding carboxylic acids is 1. The summed E-state index contributed by atoms with van der Waals surface area (Å²) >= 11 is 13.5. The van der Waals surface area contributed by atoms with E-state index >= 15 is 0 Å². The molecular weight excluding hydrogens is 302 g/mol. The second kappa shape index (κ2) is 5.29. The van der Waals surface area contributed by atoms with Crippen molar-refractivity contribution in [1.29, 1.82) is 0 Å². The van der Waals surface area contributed by atoms with Crippen molar-refractivity contribution in [2.24, 2.45) is 5.73 Å². The highest BCUT2D eigenvalue weighted by molar-refractivity contribution is 9.10. The maximum absolute atomic E-state index is 11.5. The second-order valence-electron chi connectivity index (χ2n) is 2.57. The predicted octanol–water partition coefficient (Wildman–Crippen LogP) is 1.58. The van der Waals surface area contributed by atoms with Crippen LogP contribution in [0.2, 0.25) is 5.02 Å². The van der Waals surface area contributed by atoms with Gasteiger partial charge in [0.15, 0.2) is 5.11 Å². The minimum Gasteiger partial charge on any atom is -0.375 e. The number of thiocarbonyl (C=S) groups is 1. The second-order valence-corrected chi connectivity index (χ2v) is 4.30. The maximum Gasteiger partial charge on any atom is 0.270 e. The molecule has 0 aromatic heterocycles.